The van der Waals surface area contributed by atoms with Crippen molar-refractivity contribution in [1.82, 2.24) is 10.2 Å². The molecule has 5 heteroatoms. The average molecular weight is 268 g/mol. The van der Waals surface area contributed by atoms with Gasteiger partial charge in [-0.3, -0.25) is 0 Å². The molecular formula is C13H18ClN3O. The zero-order valence-corrected chi connectivity index (χ0v) is 11.4. The normalized spacial score (nSPS) is 18.5. The molecule has 18 heavy (non-hydrogen) atoms. The Balaban J connectivity index is 2.10. The van der Waals surface area contributed by atoms with Crippen LogP contribution in [0.5, 0.6) is 0 Å². The van der Waals surface area contributed by atoms with Gasteiger partial charge in [-0.05, 0) is 26.0 Å². The standard InChI is InChI=1S/C13H18ClN3O/c1-13(2)9-15-7-8-17(13)12(18)16-11-6-4-3-5-10(11)14/h3-6,15H,7-9H2,1-2H3,(H,16,18). The molecule has 2 rings (SSSR count). The molecule has 1 heterocycles. The lowest BCUT2D eigenvalue weighted by Crippen LogP contribution is -2.60. The Morgan fingerprint density at radius 1 is 1.44 bits per heavy atom. The lowest BCUT2D eigenvalue weighted by molar-refractivity contribution is 0.123. The van der Waals surface area contributed by atoms with E-state index in [1.165, 1.54) is 0 Å². The van der Waals surface area contributed by atoms with Crippen molar-refractivity contribution in [3.63, 3.8) is 0 Å². The third-order valence-electron chi connectivity index (χ3n) is 3.16. The minimum absolute atomic E-state index is 0.102. The van der Waals surface area contributed by atoms with Gasteiger partial charge in [-0.15, -0.1) is 0 Å². The summed E-state index contributed by atoms with van der Waals surface area (Å²) in [4.78, 5) is 14.1. The van der Waals surface area contributed by atoms with E-state index < -0.39 is 0 Å². The Labute approximate surface area is 112 Å². The smallest absolute Gasteiger partial charge is 0.317 e. The van der Waals surface area contributed by atoms with E-state index in [4.69, 9.17) is 11.6 Å². The topological polar surface area (TPSA) is 44.4 Å². The predicted octanol–water partition coefficient (Wildman–Crippen LogP) is 2.56. The maximum atomic E-state index is 12.3. The molecule has 0 aromatic heterocycles. The fourth-order valence-corrected chi connectivity index (χ4v) is 2.29. The van der Waals surface area contributed by atoms with Crippen molar-refractivity contribution in [3.8, 4) is 0 Å². The first kappa shape index (κ1) is 13.2. The van der Waals surface area contributed by atoms with E-state index in [1.54, 1.807) is 12.1 Å². The van der Waals surface area contributed by atoms with Gasteiger partial charge in [0.15, 0.2) is 0 Å². The van der Waals surface area contributed by atoms with Crippen molar-refractivity contribution in [2.45, 2.75) is 19.4 Å². The van der Waals surface area contributed by atoms with E-state index in [0.29, 0.717) is 17.3 Å². The van der Waals surface area contributed by atoms with E-state index >= 15 is 0 Å². The van der Waals surface area contributed by atoms with Crippen LogP contribution in [0.2, 0.25) is 5.02 Å². The van der Waals surface area contributed by atoms with Crippen LogP contribution in [0.4, 0.5) is 10.5 Å². The Bertz CT molecular complexity index is 448. The molecule has 2 N–H and O–H groups in total. The van der Waals surface area contributed by atoms with Gasteiger partial charge in [-0.2, -0.15) is 0 Å². The van der Waals surface area contributed by atoms with Gasteiger partial charge in [0, 0.05) is 19.6 Å². The second-order valence-corrected chi connectivity index (χ2v) is 5.46. The number of hydrogen-bond donors (Lipinski definition) is 2. The van der Waals surface area contributed by atoms with Gasteiger partial charge in [0.25, 0.3) is 0 Å². The number of para-hydroxylation sites is 1. The fourth-order valence-electron chi connectivity index (χ4n) is 2.10. The summed E-state index contributed by atoms with van der Waals surface area (Å²) >= 11 is 6.03. The zero-order valence-electron chi connectivity index (χ0n) is 10.7. The van der Waals surface area contributed by atoms with Crippen LogP contribution in [0.15, 0.2) is 24.3 Å². The number of rotatable bonds is 1. The Morgan fingerprint density at radius 3 is 2.83 bits per heavy atom. The summed E-state index contributed by atoms with van der Waals surface area (Å²) in [7, 11) is 0. The number of urea groups is 1. The van der Waals surface area contributed by atoms with Crippen molar-refractivity contribution in [1.29, 1.82) is 0 Å². The van der Waals surface area contributed by atoms with E-state index in [1.807, 2.05) is 30.9 Å². The van der Waals surface area contributed by atoms with E-state index in [-0.39, 0.29) is 11.6 Å². The van der Waals surface area contributed by atoms with E-state index in [0.717, 1.165) is 13.1 Å². The molecule has 98 valence electrons. The lowest BCUT2D eigenvalue weighted by atomic mass is 10.0. The van der Waals surface area contributed by atoms with Crippen molar-refractivity contribution < 1.29 is 4.79 Å². The zero-order chi connectivity index (χ0) is 13.2. The molecule has 0 atom stereocenters. The average Bonchev–Trinajstić information content (AvgIpc) is 2.31. The highest BCUT2D eigenvalue weighted by molar-refractivity contribution is 6.33. The van der Waals surface area contributed by atoms with Crippen LogP contribution in [0.25, 0.3) is 0 Å². The third-order valence-corrected chi connectivity index (χ3v) is 3.49. The Morgan fingerprint density at radius 2 is 2.17 bits per heavy atom. The minimum atomic E-state index is -0.191. The molecule has 1 aromatic rings. The number of benzene rings is 1. The van der Waals surface area contributed by atoms with Crippen LogP contribution in [0.1, 0.15) is 13.8 Å². The van der Waals surface area contributed by atoms with Crippen LogP contribution >= 0.6 is 11.6 Å². The van der Waals surface area contributed by atoms with Gasteiger partial charge in [0.05, 0.1) is 16.2 Å². The van der Waals surface area contributed by atoms with Crippen molar-refractivity contribution in [2.24, 2.45) is 0 Å². The maximum Gasteiger partial charge on any atom is 0.322 e. The highest BCUT2D eigenvalue weighted by Gasteiger charge is 2.33. The van der Waals surface area contributed by atoms with E-state index in [2.05, 4.69) is 10.6 Å². The summed E-state index contributed by atoms with van der Waals surface area (Å²) < 4.78 is 0. The van der Waals surface area contributed by atoms with Gasteiger partial charge in [0.1, 0.15) is 0 Å². The van der Waals surface area contributed by atoms with Gasteiger partial charge in [-0.1, -0.05) is 23.7 Å². The van der Waals surface area contributed by atoms with Crippen molar-refractivity contribution >= 4 is 23.3 Å². The summed E-state index contributed by atoms with van der Waals surface area (Å²) in [5.74, 6) is 0. The monoisotopic (exact) mass is 267 g/mol. The summed E-state index contributed by atoms with van der Waals surface area (Å²) in [6.07, 6.45) is 0. The SMILES string of the molecule is CC1(C)CNCCN1C(=O)Nc1ccccc1Cl. The largest absolute Gasteiger partial charge is 0.322 e. The number of nitrogens with one attached hydrogen (secondary N) is 2. The molecule has 0 radical (unpaired) electrons. The molecule has 0 spiro atoms. The van der Waals surface area contributed by atoms with Gasteiger partial charge in [0.2, 0.25) is 0 Å². The number of halogens is 1. The van der Waals surface area contributed by atoms with Crippen molar-refractivity contribution in [3.05, 3.63) is 29.3 Å². The molecule has 1 aliphatic heterocycles. The number of piperazine rings is 1. The molecule has 1 aromatic carbocycles. The molecule has 1 saturated heterocycles. The molecular weight excluding hydrogens is 250 g/mol. The predicted molar refractivity (Wildman–Crippen MR) is 74.1 cm³/mol. The number of amides is 2. The highest BCUT2D eigenvalue weighted by Crippen LogP contribution is 2.23. The first-order chi connectivity index (χ1) is 8.50. The maximum absolute atomic E-state index is 12.3. The summed E-state index contributed by atoms with van der Waals surface area (Å²) in [6.45, 7) is 6.41. The van der Waals surface area contributed by atoms with Crippen LogP contribution in [-0.4, -0.2) is 36.1 Å². The lowest BCUT2D eigenvalue weighted by Gasteiger charge is -2.42. The molecule has 0 unspecified atom stereocenters. The molecule has 4 nitrogen and oxygen atoms in total. The summed E-state index contributed by atoms with van der Waals surface area (Å²) in [5, 5.41) is 6.70. The fraction of sp³-hybridized carbons (Fsp3) is 0.462. The number of nitrogens with zero attached hydrogens (tertiary/aromatic N) is 1. The second-order valence-electron chi connectivity index (χ2n) is 5.05. The van der Waals surface area contributed by atoms with Gasteiger partial charge < -0.3 is 15.5 Å². The van der Waals surface area contributed by atoms with Crippen LogP contribution in [0, 0.1) is 0 Å². The number of anilines is 1. The quantitative estimate of drug-likeness (QED) is 0.821. The van der Waals surface area contributed by atoms with Gasteiger partial charge in [-0.25, -0.2) is 4.79 Å². The van der Waals surface area contributed by atoms with Crippen LogP contribution < -0.4 is 10.6 Å². The first-order valence-electron chi connectivity index (χ1n) is 6.04. The number of hydrogen-bond acceptors (Lipinski definition) is 2. The molecule has 1 fully saturated rings. The number of carbonyl (C=O) groups is 1. The highest BCUT2D eigenvalue weighted by atomic mass is 35.5. The Kier molecular flexibility index (Phi) is 3.78. The first-order valence-corrected chi connectivity index (χ1v) is 6.42. The van der Waals surface area contributed by atoms with E-state index in [9.17, 15) is 4.79 Å². The summed E-state index contributed by atoms with van der Waals surface area (Å²) in [6, 6.07) is 7.15. The molecule has 2 amide bonds. The molecule has 0 bridgehead atoms. The number of carbonyl (C=O) groups excluding carboxylic acids is 1. The Hall–Kier alpha value is -1.26. The minimum Gasteiger partial charge on any atom is -0.317 e. The van der Waals surface area contributed by atoms with Crippen LogP contribution in [0.3, 0.4) is 0 Å². The summed E-state index contributed by atoms with van der Waals surface area (Å²) in [5.41, 5.74) is 0.461. The van der Waals surface area contributed by atoms with Gasteiger partial charge >= 0.3 is 6.03 Å². The molecule has 1 aliphatic rings. The second kappa shape index (κ2) is 5.16. The van der Waals surface area contributed by atoms with Crippen LogP contribution in [-0.2, 0) is 0 Å². The van der Waals surface area contributed by atoms with Crippen molar-refractivity contribution in [2.75, 3.05) is 25.0 Å². The third kappa shape index (κ3) is 2.76. The molecule has 0 saturated carbocycles. The molecule has 0 aliphatic carbocycles.